The number of nitrogens with zero attached hydrogens (tertiary/aromatic N) is 2. The fourth-order valence-electron chi connectivity index (χ4n) is 3.81. The number of hydrogen-bond acceptors (Lipinski definition) is 4. The van der Waals surface area contributed by atoms with Gasteiger partial charge in [0.25, 0.3) is 0 Å². The Balaban J connectivity index is 0.00000363. The molecule has 2 heterocycles. The van der Waals surface area contributed by atoms with Crippen molar-refractivity contribution in [3.8, 4) is 5.75 Å². The van der Waals surface area contributed by atoms with Crippen LogP contribution in [0.1, 0.15) is 31.1 Å². The van der Waals surface area contributed by atoms with Crippen molar-refractivity contribution in [2.45, 2.75) is 38.6 Å². The van der Waals surface area contributed by atoms with E-state index in [1.54, 1.807) is 13.4 Å². The normalized spacial score (nSPS) is 15.1. The minimum absolute atomic E-state index is 0. The molecule has 1 saturated heterocycles. The van der Waals surface area contributed by atoms with Crippen molar-refractivity contribution >= 4 is 29.9 Å². The molecule has 3 rings (SSSR count). The second-order valence-corrected chi connectivity index (χ2v) is 8.24. The van der Waals surface area contributed by atoms with E-state index >= 15 is 0 Å². The highest BCUT2D eigenvalue weighted by Gasteiger charge is 2.19. The molecule has 0 aliphatic carbocycles. The number of benzene rings is 1. The van der Waals surface area contributed by atoms with Gasteiger partial charge in [0, 0.05) is 45.2 Å². The molecule has 0 amide bonds. The van der Waals surface area contributed by atoms with Crippen LogP contribution in [0.4, 0.5) is 0 Å². The second kappa shape index (κ2) is 14.2. The zero-order valence-electron chi connectivity index (χ0n) is 19.3. The fourth-order valence-corrected chi connectivity index (χ4v) is 3.81. The van der Waals surface area contributed by atoms with Gasteiger partial charge in [-0.25, -0.2) is 0 Å². The van der Waals surface area contributed by atoms with Gasteiger partial charge in [-0.1, -0.05) is 24.3 Å². The first-order valence-electron chi connectivity index (χ1n) is 11.2. The van der Waals surface area contributed by atoms with Crippen LogP contribution in [0.2, 0.25) is 0 Å². The van der Waals surface area contributed by atoms with Crippen molar-refractivity contribution in [1.29, 1.82) is 0 Å². The van der Waals surface area contributed by atoms with Crippen molar-refractivity contribution in [2.24, 2.45) is 4.99 Å². The maximum absolute atomic E-state index is 5.43. The number of hydrogen-bond donors (Lipinski definition) is 2. The molecule has 1 aromatic carbocycles. The Kier molecular flexibility index (Phi) is 11.7. The number of furan rings is 1. The van der Waals surface area contributed by atoms with Crippen molar-refractivity contribution in [2.75, 3.05) is 39.8 Å². The highest BCUT2D eigenvalue weighted by molar-refractivity contribution is 14.0. The Morgan fingerprint density at radius 3 is 2.56 bits per heavy atom. The first-order chi connectivity index (χ1) is 15.1. The summed E-state index contributed by atoms with van der Waals surface area (Å²) >= 11 is 0. The molecule has 0 bridgehead atoms. The van der Waals surface area contributed by atoms with Gasteiger partial charge in [-0.2, -0.15) is 0 Å². The molecular weight excluding hydrogens is 515 g/mol. The summed E-state index contributed by atoms with van der Waals surface area (Å²) in [7, 11) is 1.69. The molecule has 32 heavy (non-hydrogen) atoms. The van der Waals surface area contributed by atoms with E-state index in [1.807, 2.05) is 24.3 Å². The second-order valence-electron chi connectivity index (χ2n) is 8.24. The molecule has 2 aromatic rings. The lowest BCUT2D eigenvalue weighted by atomic mass is 10.0. The van der Waals surface area contributed by atoms with Crippen LogP contribution in [0, 0.1) is 0 Å². The molecule has 0 spiro atoms. The van der Waals surface area contributed by atoms with Crippen LogP contribution in [0.15, 0.2) is 64.2 Å². The third kappa shape index (κ3) is 9.24. The van der Waals surface area contributed by atoms with Crippen molar-refractivity contribution < 1.29 is 9.15 Å². The maximum Gasteiger partial charge on any atom is 0.191 e. The summed E-state index contributed by atoms with van der Waals surface area (Å²) in [4.78, 5) is 7.28. The highest BCUT2D eigenvalue weighted by atomic mass is 127. The van der Waals surface area contributed by atoms with Gasteiger partial charge in [-0.15, -0.1) is 24.0 Å². The number of piperidine rings is 1. The highest BCUT2D eigenvalue weighted by Crippen LogP contribution is 2.12. The summed E-state index contributed by atoms with van der Waals surface area (Å²) in [5.74, 6) is 2.74. The third-order valence-electron chi connectivity index (χ3n) is 5.50. The molecule has 176 valence electrons. The summed E-state index contributed by atoms with van der Waals surface area (Å²) in [6.07, 6.45) is 5.68. The van der Waals surface area contributed by atoms with Gasteiger partial charge in [0.2, 0.25) is 0 Å². The quantitative estimate of drug-likeness (QED) is 0.200. The summed E-state index contributed by atoms with van der Waals surface area (Å²) in [6, 6.07) is 12.6. The largest absolute Gasteiger partial charge is 0.497 e. The standard InChI is InChI=1S/C25H36N4O2.HI/c1-20(2)19-29-16-12-22(13-17-29)28-25(27-15-11-24-5-4-18-31-24)26-14-10-21-6-8-23(30-3)9-7-21;/h4-9,18,22H,1,10-17,19H2,2-3H3,(H2,26,27,28);1H. The fraction of sp³-hybridized carbons (Fsp3) is 0.480. The van der Waals surface area contributed by atoms with Gasteiger partial charge in [-0.3, -0.25) is 9.89 Å². The molecule has 1 fully saturated rings. The Morgan fingerprint density at radius 1 is 1.19 bits per heavy atom. The van der Waals surface area contributed by atoms with E-state index in [-0.39, 0.29) is 24.0 Å². The summed E-state index contributed by atoms with van der Waals surface area (Å²) in [5, 5.41) is 7.17. The zero-order chi connectivity index (χ0) is 21.9. The van der Waals surface area contributed by atoms with Crippen LogP contribution >= 0.6 is 24.0 Å². The first kappa shape index (κ1) is 26.3. The Labute approximate surface area is 209 Å². The van der Waals surface area contributed by atoms with Crippen LogP contribution in [-0.2, 0) is 12.8 Å². The van der Waals surface area contributed by atoms with Gasteiger partial charge in [0.1, 0.15) is 11.5 Å². The van der Waals surface area contributed by atoms with Crippen LogP contribution in [0.5, 0.6) is 5.75 Å². The van der Waals surface area contributed by atoms with E-state index in [2.05, 4.69) is 41.2 Å². The van der Waals surface area contributed by atoms with Crippen molar-refractivity contribution in [1.82, 2.24) is 15.5 Å². The molecule has 0 atom stereocenters. The molecule has 7 heteroatoms. The van der Waals surface area contributed by atoms with E-state index in [9.17, 15) is 0 Å². The smallest absolute Gasteiger partial charge is 0.191 e. The Bertz CT molecular complexity index is 813. The van der Waals surface area contributed by atoms with Crippen LogP contribution < -0.4 is 15.4 Å². The number of aliphatic imine (C=N–C) groups is 1. The molecule has 1 aromatic heterocycles. The van der Waals surface area contributed by atoms with Crippen molar-refractivity contribution in [3.05, 3.63) is 66.1 Å². The topological polar surface area (TPSA) is 62.0 Å². The minimum Gasteiger partial charge on any atom is -0.497 e. The monoisotopic (exact) mass is 552 g/mol. The molecule has 2 N–H and O–H groups in total. The van der Waals surface area contributed by atoms with Crippen LogP contribution in [0.3, 0.4) is 0 Å². The molecule has 1 aliphatic rings. The summed E-state index contributed by atoms with van der Waals surface area (Å²) in [6.45, 7) is 10.8. The van der Waals surface area contributed by atoms with Gasteiger partial charge in [0.15, 0.2) is 5.96 Å². The van der Waals surface area contributed by atoms with Crippen molar-refractivity contribution in [3.63, 3.8) is 0 Å². The summed E-state index contributed by atoms with van der Waals surface area (Å²) < 4.78 is 10.7. The number of rotatable bonds is 10. The molecule has 0 saturated carbocycles. The molecule has 0 unspecified atom stereocenters. The number of methoxy groups -OCH3 is 1. The number of nitrogens with one attached hydrogen (secondary N) is 2. The van der Waals surface area contributed by atoms with E-state index in [4.69, 9.17) is 14.1 Å². The number of likely N-dealkylation sites (tertiary alicyclic amines) is 1. The number of halogens is 1. The average Bonchev–Trinajstić information content (AvgIpc) is 3.28. The Hall–Kier alpha value is -2.00. The van der Waals surface area contributed by atoms with Gasteiger partial charge in [-0.05, 0) is 56.0 Å². The molecule has 0 radical (unpaired) electrons. The predicted molar refractivity (Wildman–Crippen MR) is 142 cm³/mol. The van der Waals surface area contributed by atoms with Crippen LogP contribution in [-0.4, -0.2) is 56.7 Å². The first-order valence-corrected chi connectivity index (χ1v) is 11.2. The zero-order valence-corrected chi connectivity index (χ0v) is 21.6. The van der Waals surface area contributed by atoms with E-state index in [1.165, 1.54) is 11.1 Å². The predicted octanol–water partition coefficient (Wildman–Crippen LogP) is 4.27. The molecular formula is C25H37IN4O2. The lowest BCUT2D eigenvalue weighted by Gasteiger charge is -2.33. The Morgan fingerprint density at radius 2 is 1.94 bits per heavy atom. The van der Waals surface area contributed by atoms with E-state index in [0.717, 1.165) is 69.3 Å². The summed E-state index contributed by atoms with van der Waals surface area (Å²) in [5.41, 5.74) is 2.50. The lowest BCUT2D eigenvalue weighted by molar-refractivity contribution is 0.221. The average molecular weight is 553 g/mol. The van der Waals surface area contributed by atoms with E-state index in [0.29, 0.717) is 12.6 Å². The number of guanidine groups is 1. The maximum atomic E-state index is 5.43. The van der Waals surface area contributed by atoms with Gasteiger partial charge in [0.05, 0.1) is 13.4 Å². The third-order valence-corrected chi connectivity index (χ3v) is 5.50. The molecule has 1 aliphatic heterocycles. The minimum atomic E-state index is 0. The van der Waals surface area contributed by atoms with Gasteiger partial charge >= 0.3 is 0 Å². The number of ether oxygens (including phenoxy) is 1. The van der Waals surface area contributed by atoms with Crippen LogP contribution in [0.25, 0.3) is 0 Å². The lowest BCUT2D eigenvalue weighted by Crippen LogP contribution is -2.49. The molecule has 6 nitrogen and oxygen atoms in total. The van der Waals surface area contributed by atoms with E-state index < -0.39 is 0 Å². The van der Waals surface area contributed by atoms with Gasteiger partial charge < -0.3 is 19.8 Å². The SMILES string of the molecule is C=C(C)CN1CCC(NC(=NCCc2ccco2)NCCc2ccc(OC)cc2)CC1.I.